The zero-order chi connectivity index (χ0) is 14.8. The van der Waals surface area contributed by atoms with Gasteiger partial charge in [0.25, 0.3) is 5.91 Å². The van der Waals surface area contributed by atoms with Gasteiger partial charge in [0, 0.05) is 6.26 Å². The number of nitrogens with zero attached hydrogens (tertiary/aromatic N) is 1. The molecule has 2 aromatic rings. The fourth-order valence-corrected chi connectivity index (χ4v) is 2.80. The minimum absolute atomic E-state index is 0.0725. The molecule has 0 saturated heterocycles. The first kappa shape index (κ1) is 14.7. The van der Waals surface area contributed by atoms with Gasteiger partial charge in [-0.3, -0.25) is 4.79 Å². The Kier molecular flexibility index (Phi) is 4.20. The van der Waals surface area contributed by atoms with E-state index in [9.17, 15) is 13.2 Å². The monoisotopic (exact) mass is 354 g/mol. The van der Waals surface area contributed by atoms with E-state index in [1.807, 2.05) is 0 Å². The highest BCUT2D eigenvalue weighted by molar-refractivity contribution is 9.10. The zero-order valence-corrected chi connectivity index (χ0v) is 12.9. The minimum Gasteiger partial charge on any atom is -0.319 e. The van der Waals surface area contributed by atoms with Crippen molar-refractivity contribution in [3.8, 4) is 0 Å². The third-order valence-corrected chi connectivity index (χ3v) is 4.08. The summed E-state index contributed by atoms with van der Waals surface area (Å²) in [5, 5.41) is 2.56. The largest absolute Gasteiger partial charge is 0.319 e. The molecule has 0 aliphatic rings. The Morgan fingerprint density at radius 2 is 1.85 bits per heavy atom. The molecule has 0 spiro atoms. The molecule has 0 saturated carbocycles. The number of aromatic nitrogens is 1. The molecule has 1 aromatic heterocycles. The molecule has 5 nitrogen and oxygen atoms in total. The van der Waals surface area contributed by atoms with Crippen molar-refractivity contribution in [2.75, 3.05) is 11.6 Å². The number of nitrogens with one attached hydrogen (secondary N) is 1. The Hall–Kier alpha value is -1.73. The van der Waals surface area contributed by atoms with E-state index in [4.69, 9.17) is 0 Å². The van der Waals surface area contributed by atoms with Crippen LogP contribution in [0, 0.1) is 0 Å². The number of anilines is 1. The van der Waals surface area contributed by atoms with E-state index in [-0.39, 0.29) is 16.3 Å². The predicted molar refractivity (Wildman–Crippen MR) is 79.4 cm³/mol. The molecule has 7 heteroatoms. The van der Waals surface area contributed by atoms with Gasteiger partial charge in [0.05, 0.1) is 10.6 Å². The lowest BCUT2D eigenvalue weighted by Gasteiger charge is -2.09. The SMILES string of the molecule is CS(=O)(=O)c1ccccc1NC(=O)c1cccc(Br)n1. The first-order valence-corrected chi connectivity index (χ1v) is 8.29. The Bertz CT molecular complexity index is 760. The normalized spacial score (nSPS) is 11.1. The van der Waals surface area contributed by atoms with Crippen LogP contribution in [0.4, 0.5) is 5.69 Å². The fraction of sp³-hybridized carbons (Fsp3) is 0.0769. The fourth-order valence-electron chi connectivity index (χ4n) is 1.61. The summed E-state index contributed by atoms with van der Waals surface area (Å²) in [5.74, 6) is -0.470. The molecular formula is C13H11BrN2O3S. The summed E-state index contributed by atoms with van der Waals surface area (Å²) in [6.45, 7) is 0. The summed E-state index contributed by atoms with van der Waals surface area (Å²) >= 11 is 3.18. The van der Waals surface area contributed by atoms with E-state index >= 15 is 0 Å². The van der Waals surface area contributed by atoms with Gasteiger partial charge in [-0.15, -0.1) is 0 Å². The lowest BCUT2D eigenvalue weighted by molar-refractivity contribution is 0.102. The van der Waals surface area contributed by atoms with Crippen molar-refractivity contribution in [2.24, 2.45) is 0 Å². The quantitative estimate of drug-likeness (QED) is 0.859. The van der Waals surface area contributed by atoms with Gasteiger partial charge in [-0.2, -0.15) is 0 Å². The van der Waals surface area contributed by atoms with Crippen LogP contribution in [-0.2, 0) is 9.84 Å². The molecule has 0 aliphatic heterocycles. The molecule has 1 amide bonds. The number of amides is 1. The summed E-state index contributed by atoms with van der Waals surface area (Å²) < 4.78 is 23.8. The third-order valence-electron chi connectivity index (χ3n) is 2.48. The predicted octanol–water partition coefficient (Wildman–Crippen LogP) is 2.50. The van der Waals surface area contributed by atoms with Crippen LogP contribution < -0.4 is 5.32 Å². The van der Waals surface area contributed by atoms with Gasteiger partial charge in [0.1, 0.15) is 10.3 Å². The molecule has 0 aliphatic carbocycles. The van der Waals surface area contributed by atoms with E-state index < -0.39 is 15.7 Å². The van der Waals surface area contributed by atoms with Gasteiger partial charge >= 0.3 is 0 Å². The highest BCUT2D eigenvalue weighted by Crippen LogP contribution is 2.21. The van der Waals surface area contributed by atoms with Crippen LogP contribution in [0.1, 0.15) is 10.5 Å². The smallest absolute Gasteiger partial charge is 0.274 e. The Labute approximate surface area is 125 Å². The van der Waals surface area contributed by atoms with Crippen LogP contribution >= 0.6 is 15.9 Å². The molecule has 0 bridgehead atoms. The summed E-state index contributed by atoms with van der Waals surface area (Å²) in [7, 11) is -3.41. The summed E-state index contributed by atoms with van der Waals surface area (Å²) in [4.78, 5) is 16.1. The van der Waals surface area contributed by atoms with Gasteiger partial charge in [0.2, 0.25) is 0 Å². The molecule has 0 atom stereocenters. The lowest BCUT2D eigenvalue weighted by atomic mass is 10.3. The summed E-state index contributed by atoms with van der Waals surface area (Å²) in [5.41, 5.74) is 0.435. The maximum absolute atomic E-state index is 12.1. The number of hydrogen-bond donors (Lipinski definition) is 1. The Morgan fingerprint density at radius 1 is 1.15 bits per heavy atom. The first-order chi connectivity index (χ1) is 9.38. The molecule has 1 aromatic carbocycles. The molecule has 1 heterocycles. The molecule has 1 N–H and O–H groups in total. The maximum Gasteiger partial charge on any atom is 0.274 e. The second-order valence-corrected chi connectivity index (χ2v) is 6.86. The van der Waals surface area contributed by atoms with Crippen molar-refractivity contribution >= 4 is 37.4 Å². The van der Waals surface area contributed by atoms with Crippen molar-refractivity contribution in [1.82, 2.24) is 4.98 Å². The second-order valence-electron chi connectivity index (χ2n) is 4.07. The number of para-hydroxylation sites is 1. The van der Waals surface area contributed by atoms with Crippen LogP contribution in [0.15, 0.2) is 52.0 Å². The molecular weight excluding hydrogens is 344 g/mol. The van der Waals surface area contributed by atoms with Gasteiger partial charge < -0.3 is 5.32 Å². The van der Waals surface area contributed by atoms with Crippen molar-refractivity contribution in [2.45, 2.75) is 4.90 Å². The van der Waals surface area contributed by atoms with Crippen LogP contribution in [0.3, 0.4) is 0 Å². The van der Waals surface area contributed by atoms with Crippen LogP contribution in [0.2, 0.25) is 0 Å². The zero-order valence-electron chi connectivity index (χ0n) is 10.5. The summed E-state index contributed by atoms with van der Waals surface area (Å²) in [6, 6.07) is 11.1. The van der Waals surface area contributed by atoms with Crippen molar-refractivity contribution in [3.63, 3.8) is 0 Å². The first-order valence-electron chi connectivity index (χ1n) is 5.61. The molecule has 0 unspecified atom stereocenters. The van der Waals surface area contributed by atoms with E-state index in [0.29, 0.717) is 4.60 Å². The summed E-state index contributed by atoms with van der Waals surface area (Å²) in [6.07, 6.45) is 1.09. The van der Waals surface area contributed by atoms with Crippen molar-refractivity contribution in [1.29, 1.82) is 0 Å². The second kappa shape index (κ2) is 5.72. The van der Waals surface area contributed by atoms with E-state index in [1.165, 1.54) is 12.1 Å². The third kappa shape index (κ3) is 3.43. The average molecular weight is 355 g/mol. The van der Waals surface area contributed by atoms with Gasteiger partial charge in [0.15, 0.2) is 9.84 Å². The van der Waals surface area contributed by atoms with E-state index in [0.717, 1.165) is 6.26 Å². The molecule has 2 rings (SSSR count). The topological polar surface area (TPSA) is 76.1 Å². The van der Waals surface area contributed by atoms with Gasteiger partial charge in [-0.1, -0.05) is 18.2 Å². The molecule has 0 fully saturated rings. The lowest BCUT2D eigenvalue weighted by Crippen LogP contribution is -2.15. The maximum atomic E-state index is 12.1. The number of carbonyl (C=O) groups is 1. The van der Waals surface area contributed by atoms with Gasteiger partial charge in [-0.25, -0.2) is 13.4 Å². The van der Waals surface area contributed by atoms with Crippen molar-refractivity contribution < 1.29 is 13.2 Å². The standard InChI is InChI=1S/C13H11BrN2O3S/c1-20(18,19)11-7-3-2-5-9(11)16-13(17)10-6-4-8-12(14)15-10/h2-8H,1H3,(H,16,17). The van der Waals surface area contributed by atoms with E-state index in [1.54, 1.807) is 30.3 Å². The number of rotatable bonds is 3. The minimum atomic E-state index is -3.41. The number of sulfone groups is 1. The van der Waals surface area contributed by atoms with Crippen molar-refractivity contribution in [3.05, 3.63) is 52.8 Å². The number of carbonyl (C=O) groups excluding carboxylic acids is 1. The highest BCUT2D eigenvalue weighted by Gasteiger charge is 2.15. The number of hydrogen-bond acceptors (Lipinski definition) is 4. The highest BCUT2D eigenvalue weighted by atomic mass is 79.9. The number of benzene rings is 1. The molecule has 0 radical (unpaired) electrons. The molecule has 20 heavy (non-hydrogen) atoms. The Morgan fingerprint density at radius 3 is 2.50 bits per heavy atom. The van der Waals surface area contributed by atoms with E-state index in [2.05, 4.69) is 26.2 Å². The number of pyridine rings is 1. The Balaban J connectivity index is 2.34. The van der Waals surface area contributed by atoms with Crippen LogP contribution in [0.25, 0.3) is 0 Å². The average Bonchev–Trinajstić information content (AvgIpc) is 2.38. The van der Waals surface area contributed by atoms with Gasteiger partial charge in [-0.05, 0) is 40.2 Å². The van der Waals surface area contributed by atoms with Crippen LogP contribution in [-0.4, -0.2) is 25.6 Å². The van der Waals surface area contributed by atoms with Crippen LogP contribution in [0.5, 0.6) is 0 Å². The number of halogens is 1. The molecule has 104 valence electrons.